The van der Waals surface area contributed by atoms with Crippen molar-refractivity contribution >= 4 is 23.1 Å². The van der Waals surface area contributed by atoms with Gasteiger partial charge in [0.05, 0.1) is 6.10 Å². The number of aliphatic hydroxyl groups excluding tert-OH is 1. The van der Waals surface area contributed by atoms with Gasteiger partial charge < -0.3 is 5.11 Å². The molecule has 18 heavy (non-hydrogen) atoms. The minimum absolute atomic E-state index is 0.225. The van der Waals surface area contributed by atoms with Gasteiger partial charge in [-0.3, -0.25) is 0 Å². The van der Waals surface area contributed by atoms with Crippen molar-refractivity contribution in [3.63, 3.8) is 0 Å². The number of aliphatic hydroxyl groups is 1. The van der Waals surface area contributed by atoms with E-state index in [1.807, 2.05) is 0 Å². The maximum Gasteiger partial charge on any atom is 0.123 e. The van der Waals surface area contributed by atoms with Crippen LogP contribution in [0.2, 0.25) is 0 Å². The van der Waals surface area contributed by atoms with Gasteiger partial charge in [-0.15, -0.1) is 11.8 Å². The summed E-state index contributed by atoms with van der Waals surface area (Å²) in [6.45, 7) is 0. The lowest BCUT2D eigenvalue weighted by molar-refractivity contribution is 0.189. The molecule has 96 valence electrons. The van der Waals surface area contributed by atoms with Gasteiger partial charge in [0.1, 0.15) is 5.82 Å². The summed E-state index contributed by atoms with van der Waals surface area (Å²) in [6.07, 6.45) is 1.36. The maximum absolute atomic E-state index is 12.7. The van der Waals surface area contributed by atoms with Gasteiger partial charge in [-0.1, -0.05) is 0 Å². The lowest BCUT2D eigenvalue weighted by atomic mass is 10.1. The third-order valence-electron chi connectivity index (χ3n) is 2.60. The molecule has 0 radical (unpaired) electrons. The molecule has 2 rings (SSSR count). The maximum atomic E-state index is 12.7. The fourth-order valence-electron chi connectivity index (χ4n) is 1.57. The largest absolute Gasteiger partial charge is 0.392 e. The molecule has 0 aliphatic rings. The van der Waals surface area contributed by atoms with Gasteiger partial charge in [0.2, 0.25) is 0 Å². The molecule has 1 unspecified atom stereocenters. The molecule has 0 amide bonds. The third kappa shape index (κ3) is 4.44. The van der Waals surface area contributed by atoms with Crippen LogP contribution in [0.15, 0.2) is 46.0 Å². The number of rotatable bonds is 6. The average molecular weight is 282 g/mol. The van der Waals surface area contributed by atoms with Crippen LogP contribution in [0.25, 0.3) is 0 Å². The van der Waals surface area contributed by atoms with Crippen molar-refractivity contribution in [2.75, 3.05) is 5.75 Å². The number of thioether (sulfide) groups is 1. The Morgan fingerprint density at radius 3 is 2.67 bits per heavy atom. The van der Waals surface area contributed by atoms with E-state index in [4.69, 9.17) is 0 Å². The minimum Gasteiger partial charge on any atom is -0.392 e. The number of hydrogen-bond acceptors (Lipinski definition) is 3. The summed E-state index contributed by atoms with van der Waals surface area (Å²) in [7, 11) is 0. The molecule has 0 fully saturated rings. The highest BCUT2D eigenvalue weighted by Crippen LogP contribution is 2.20. The van der Waals surface area contributed by atoms with Crippen molar-refractivity contribution in [3.8, 4) is 0 Å². The van der Waals surface area contributed by atoms with Crippen LogP contribution in [0.3, 0.4) is 0 Å². The molecule has 0 saturated heterocycles. The van der Waals surface area contributed by atoms with Crippen LogP contribution in [-0.4, -0.2) is 17.0 Å². The van der Waals surface area contributed by atoms with E-state index >= 15 is 0 Å². The molecule has 1 aromatic heterocycles. The predicted molar refractivity (Wildman–Crippen MR) is 75.8 cm³/mol. The van der Waals surface area contributed by atoms with Gasteiger partial charge in [0.15, 0.2) is 0 Å². The smallest absolute Gasteiger partial charge is 0.123 e. The number of aryl methyl sites for hydroxylation is 1. The van der Waals surface area contributed by atoms with Crippen molar-refractivity contribution < 1.29 is 9.50 Å². The van der Waals surface area contributed by atoms with Crippen LogP contribution in [0.1, 0.15) is 12.0 Å². The second-order valence-electron chi connectivity index (χ2n) is 4.09. The van der Waals surface area contributed by atoms with Crippen molar-refractivity contribution in [1.82, 2.24) is 0 Å². The summed E-state index contributed by atoms with van der Waals surface area (Å²) in [5.74, 6) is 0.424. The summed E-state index contributed by atoms with van der Waals surface area (Å²) in [6, 6.07) is 8.46. The monoisotopic (exact) mass is 282 g/mol. The Bertz CT molecular complexity index is 453. The Hall–Kier alpha value is -0.840. The first-order chi connectivity index (χ1) is 8.74. The first-order valence-corrected chi connectivity index (χ1v) is 7.74. The Morgan fingerprint density at radius 1 is 1.22 bits per heavy atom. The van der Waals surface area contributed by atoms with Gasteiger partial charge in [-0.2, -0.15) is 11.3 Å². The lowest BCUT2D eigenvalue weighted by Crippen LogP contribution is -2.10. The van der Waals surface area contributed by atoms with E-state index in [1.165, 1.54) is 17.7 Å². The molecular weight excluding hydrogens is 267 g/mol. The number of benzene rings is 1. The van der Waals surface area contributed by atoms with Gasteiger partial charge in [0, 0.05) is 10.6 Å². The van der Waals surface area contributed by atoms with Crippen LogP contribution in [-0.2, 0) is 6.42 Å². The Morgan fingerprint density at radius 2 is 2.00 bits per heavy atom. The Balaban J connectivity index is 1.71. The van der Waals surface area contributed by atoms with E-state index in [1.54, 1.807) is 35.2 Å². The Labute approximate surface area is 115 Å². The van der Waals surface area contributed by atoms with Crippen molar-refractivity contribution in [1.29, 1.82) is 0 Å². The Kier molecular flexibility index (Phi) is 5.23. The highest BCUT2D eigenvalue weighted by Gasteiger charge is 2.06. The van der Waals surface area contributed by atoms with E-state index in [9.17, 15) is 9.50 Å². The van der Waals surface area contributed by atoms with Crippen molar-refractivity contribution in [2.45, 2.75) is 23.8 Å². The zero-order valence-corrected chi connectivity index (χ0v) is 11.5. The second kappa shape index (κ2) is 6.92. The molecule has 1 aromatic carbocycles. The summed E-state index contributed by atoms with van der Waals surface area (Å²) in [4.78, 5) is 0.992. The number of thiophene rings is 1. The number of halogens is 1. The van der Waals surface area contributed by atoms with Crippen molar-refractivity contribution in [3.05, 3.63) is 52.5 Å². The fourth-order valence-corrected chi connectivity index (χ4v) is 3.16. The SMILES string of the molecule is OC(CCc1ccsc1)CSc1ccc(F)cc1. The minimum atomic E-state index is -0.319. The quantitative estimate of drug-likeness (QED) is 0.809. The first kappa shape index (κ1) is 13.6. The van der Waals surface area contributed by atoms with E-state index in [-0.39, 0.29) is 11.9 Å². The molecule has 0 spiro atoms. The van der Waals surface area contributed by atoms with Crippen LogP contribution in [0.5, 0.6) is 0 Å². The molecule has 0 bridgehead atoms. The second-order valence-corrected chi connectivity index (χ2v) is 5.96. The highest BCUT2D eigenvalue weighted by molar-refractivity contribution is 7.99. The van der Waals surface area contributed by atoms with Crippen LogP contribution in [0.4, 0.5) is 4.39 Å². The molecule has 1 nitrogen and oxygen atoms in total. The van der Waals surface area contributed by atoms with E-state index in [2.05, 4.69) is 16.8 Å². The van der Waals surface area contributed by atoms with Gasteiger partial charge in [0.25, 0.3) is 0 Å². The molecule has 0 saturated carbocycles. The predicted octanol–water partition coefficient (Wildman–Crippen LogP) is 3.97. The zero-order chi connectivity index (χ0) is 12.8. The van der Waals surface area contributed by atoms with Crippen LogP contribution < -0.4 is 0 Å². The van der Waals surface area contributed by atoms with Crippen molar-refractivity contribution in [2.24, 2.45) is 0 Å². The van der Waals surface area contributed by atoms with Gasteiger partial charge in [-0.05, 0) is 59.5 Å². The topological polar surface area (TPSA) is 20.2 Å². The summed E-state index contributed by atoms with van der Waals surface area (Å²) < 4.78 is 12.7. The standard InChI is InChI=1S/C14H15FOS2/c15-12-2-5-14(6-3-12)18-10-13(16)4-1-11-7-8-17-9-11/h2-3,5-9,13,16H,1,4,10H2. The van der Waals surface area contributed by atoms with Crippen LogP contribution >= 0.6 is 23.1 Å². The van der Waals surface area contributed by atoms with E-state index in [0.29, 0.717) is 5.75 Å². The molecule has 1 heterocycles. The zero-order valence-electron chi connectivity index (χ0n) is 9.88. The third-order valence-corrected chi connectivity index (χ3v) is 4.49. The lowest BCUT2D eigenvalue weighted by Gasteiger charge is -2.09. The molecule has 1 N–H and O–H groups in total. The fraction of sp³-hybridized carbons (Fsp3) is 0.286. The average Bonchev–Trinajstić information content (AvgIpc) is 2.89. The molecule has 0 aliphatic carbocycles. The van der Waals surface area contributed by atoms with E-state index < -0.39 is 0 Å². The van der Waals surface area contributed by atoms with E-state index in [0.717, 1.165) is 17.7 Å². The molecule has 0 aliphatic heterocycles. The van der Waals surface area contributed by atoms with Crippen LogP contribution in [0, 0.1) is 5.82 Å². The molecule has 1 atom stereocenters. The molecule has 2 aromatic rings. The summed E-state index contributed by atoms with van der Waals surface area (Å²) in [5, 5.41) is 14.0. The highest BCUT2D eigenvalue weighted by atomic mass is 32.2. The summed E-state index contributed by atoms with van der Waals surface area (Å²) >= 11 is 3.24. The number of hydrogen-bond donors (Lipinski definition) is 1. The first-order valence-electron chi connectivity index (χ1n) is 5.81. The normalized spacial score (nSPS) is 12.6. The van der Waals surface area contributed by atoms with Gasteiger partial charge >= 0.3 is 0 Å². The van der Waals surface area contributed by atoms with Gasteiger partial charge in [-0.25, -0.2) is 4.39 Å². The molecule has 4 heteroatoms. The molecular formula is C14H15FOS2. The summed E-state index contributed by atoms with van der Waals surface area (Å²) in [5.41, 5.74) is 1.28.